The third-order valence-corrected chi connectivity index (χ3v) is 2.69. The zero-order chi connectivity index (χ0) is 10.7. The van der Waals surface area contributed by atoms with Crippen molar-refractivity contribution in [2.24, 2.45) is 12.2 Å². The Balaban J connectivity index is 2.29. The van der Waals surface area contributed by atoms with E-state index in [-0.39, 0.29) is 6.04 Å². The van der Waals surface area contributed by atoms with Crippen LogP contribution in [-0.4, -0.2) is 15.6 Å². The van der Waals surface area contributed by atoms with Crippen LogP contribution in [0.1, 0.15) is 25.0 Å². The Kier molecular flexibility index (Phi) is 2.74. The molecule has 5 heteroatoms. The van der Waals surface area contributed by atoms with E-state index < -0.39 is 0 Å². The van der Waals surface area contributed by atoms with Crippen LogP contribution in [0.4, 0.5) is 0 Å². The molecule has 1 aliphatic rings. The molecule has 2 rings (SSSR count). The summed E-state index contributed by atoms with van der Waals surface area (Å²) in [6.07, 6.45) is 8.75. The first kappa shape index (κ1) is 9.80. The lowest BCUT2D eigenvalue weighted by Crippen LogP contribution is -2.08. The van der Waals surface area contributed by atoms with Gasteiger partial charge in [0.25, 0.3) is 0 Å². The molecule has 0 aromatic carbocycles. The highest BCUT2D eigenvalue weighted by Gasteiger charge is 2.15. The molecular weight excluding hydrogens is 190 g/mol. The first-order valence-electron chi connectivity index (χ1n) is 5.03. The summed E-state index contributed by atoms with van der Waals surface area (Å²) in [5.41, 5.74) is 10.8. The number of rotatable bonds is 2. The zero-order valence-corrected chi connectivity index (χ0v) is 8.67. The number of hydrogen-bond acceptors (Lipinski definition) is 2. The molecule has 0 radical (unpaired) electrons. The van der Waals surface area contributed by atoms with Crippen LogP contribution in [0.2, 0.25) is 0 Å². The Morgan fingerprint density at radius 2 is 2.53 bits per heavy atom. The van der Waals surface area contributed by atoms with Crippen molar-refractivity contribution in [2.45, 2.75) is 25.3 Å². The van der Waals surface area contributed by atoms with Gasteiger partial charge in [-0.25, -0.2) is 4.98 Å². The van der Waals surface area contributed by atoms with Gasteiger partial charge in [-0.15, -0.1) is 0 Å². The van der Waals surface area contributed by atoms with Crippen LogP contribution < -0.4 is 0 Å². The summed E-state index contributed by atoms with van der Waals surface area (Å²) < 4.78 is 1.99. The van der Waals surface area contributed by atoms with E-state index in [0.29, 0.717) is 0 Å². The van der Waals surface area contributed by atoms with Gasteiger partial charge in [-0.05, 0) is 30.4 Å². The van der Waals surface area contributed by atoms with E-state index in [1.54, 1.807) is 6.33 Å². The number of hydrogen-bond donors (Lipinski definition) is 0. The number of aryl methyl sites for hydroxylation is 1. The molecule has 1 aliphatic carbocycles. The van der Waals surface area contributed by atoms with Crippen LogP contribution >= 0.6 is 0 Å². The van der Waals surface area contributed by atoms with Gasteiger partial charge in [0.15, 0.2) is 0 Å². The molecule has 5 nitrogen and oxygen atoms in total. The molecule has 0 spiro atoms. The summed E-state index contributed by atoms with van der Waals surface area (Å²) in [5.74, 6) is 0. The molecule has 0 aliphatic heterocycles. The van der Waals surface area contributed by atoms with E-state index in [9.17, 15) is 0 Å². The third kappa shape index (κ3) is 2.02. The van der Waals surface area contributed by atoms with Crippen molar-refractivity contribution >= 4 is 5.57 Å². The fourth-order valence-electron chi connectivity index (χ4n) is 1.94. The van der Waals surface area contributed by atoms with E-state index in [1.807, 2.05) is 17.8 Å². The average molecular weight is 203 g/mol. The molecule has 1 unspecified atom stereocenters. The molecule has 0 fully saturated rings. The standard InChI is InChI=1S/C10H13N5/c1-15-7-12-6-10(15)8-3-2-4-9(5-8)13-14-11/h5-7,9H,2-4H2,1H3. The van der Waals surface area contributed by atoms with Crippen molar-refractivity contribution < 1.29 is 0 Å². The Bertz CT molecular complexity index is 425. The molecule has 0 saturated carbocycles. The minimum atomic E-state index is 0.00801. The number of azide groups is 1. The summed E-state index contributed by atoms with van der Waals surface area (Å²) in [6.45, 7) is 0. The van der Waals surface area contributed by atoms with Crippen molar-refractivity contribution in [2.75, 3.05) is 0 Å². The maximum Gasteiger partial charge on any atom is 0.0948 e. The van der Waals surface area contributed by atoms with Gasteiger partial charge in [-0.3, -0.25) is 0 Å². The van der Waals surface area contributed by atoms with Crippen molar-refractivity contribution in [3.8, 4) is 0 Å². The normalized spacial score (nSPS) is 20.6. The molecule has 1 aromatic heterocycles. The zero-order valence-electron chi connectivity index (χ0n) is 8.67. The molecule has 0 amide bonds. The lowest BCUT2D eigenvalue weighted by Gasteiger charge is -2.17. The fourth-order valence-corrected chi connectivity index (χ4v) is 1.94. The molecule has 0 saturated heterocycles. The summed E-state index contributed by atoms with van der Waals surface area (Å²) in [7, 11) is 1.97. The highest BCUT2D eigenvalue weighted by atomic mass is 15.1. The van der Waals surface area contributed by atoms with Crippen molar-refractivity contribution in [1.29, 1.82) is 0 Å². The Labute approximate surface area is 88.1 Å². The quantitative estimate of drug-likeness (QED) is 0.414. The molecular formula is C10H13N5. The first-order valence-corrected chi connectivity index (χ1v) is 5.03. The predicted octanol–water partition coefficient (Wildman–Crippen LogP) is 2.67. The molecule has 0 N–H and O–H groups in total. The van der Waals surface area contributed by atoms with Crippen LogP contribution in [-0.2, 0) is 7.05 Å². The fraction of sp³-hybridized carbons (Fsp3) is 0.500. The number of nitrogens with zero attached hydrogens (tertiary/aromatic N) is 5. The Morgan fingerprint density at radius 1 is 1.67 bits per heavy atom. The monoisotopic (exact) mass is 203 g/mol. The van der Waals surface area contributed by atoms with Crippen LogP contribution in [0.3, 0.4) is 0 Å². The maximum atomic E-state index is 8.40. The molecule has 78 valence electrons. The molecule has 15 heavy (non-hydrogen) atoms. The van der Waals surface area contributed by atoms with Gasteiger partial charge >= 0.3 is 0 Å². The van der Waals surface area contributed by atoms with Crippen LogP contribution in [0.25, 0.3) is 16.0 Å². The van der Waals surface area contributed by atoms with Crippen LogP contribution in [0.5, 0.6) is 0 Å². The summed E-state index contributed by atoms with van der Waals surface area (Å²) in [5, 5.41) is 3.75. The second-order valence-corrected chi connectivity index (χ2v) is 3.75. The summed E-state index contributed by atoms with van der Waals surface area (Å²) in [4.78, 5) is 6.94. The highest BCUT2D eigenvalue weighted by molar-refractivity contribution is 5.64. The number of allylic oxidation sites excluding steroid dienone is 1. The highest BCUT2D eigenvalue weighted by Crippen LogP contribution is 2.27. The SMILES string of the molecule is Cn1cncc1C1=CC(N=[N+]=[N-])CCC1. The van der Waals surface area contributed by atoms with E-state index in [0.717, 1.165) is 25.0 Å². The van der Waals surface area contributed by atoms with Gasteiger partial charge in [0.2, 0.25) is 0 Å². The minimum Gasteiger partial charge on any atom is -0.334 e. The lowest BCUT2D eigenvalue weighted by atomic mass is 9.94. The van der Waals surface area contributed by atoms with Gasteiger partial charge < -0.3 is 4.57 Å². The van der Waals surface area contributed by atoms with Crippen molar-refractivity contribution in [3.63, 3.8) is 0 Å². The van der Waals surface area contributed by atoms with E-state index in [4.69, 9.17) is 5.53 Å². The lowest BCUT2D eigenvalue weighted by molar-refractivity contribution is 0.648. The second kappa shape index (κ2) is 4.19. The predicted molar refractivity (Wildman–Crippen MR) is 58.0 cm³/mol. The van der Waals surface area contributed by atoms with Gasteiger partial charge in [-0.1, -0.05) is 11.2 Å². The van der Waals surface area contributed by atoms with Crippen molar-refractivity contribution in [1.82, 2.24) is 9.55 Å². The topological polar surface area (TPSA) is 66.6 Å². The van der Waals surface area contributed by atoms with Gasteiger partial charge in [-0.2, -0.15) is 0 Å². The Hall–Kier alpha value is -1.74. The largest absolute Gasteiger partial charge is 0.334 e. The second-order valence-electron chi connectivity index (χ2n) is 3.75. The average Bonchev–Trinajstić information content (AvgIpc) is 2.65. The molecule has 1 atom stereocenters. The summed E-state index contributed by atoms with van der Waals surface area (Å²) in [6, 6.07) is 0.00801. The van der Waals surface area contributed by atoms with Gasteiger partial charge in [0.1, 0.15) is 0 Å². The van der Waals surface area contributed by atoms with Gasteiger partial charge in [0.05, 0.1) is 24.3 Å². The number of imidazole rings is 1. The maximum absolute atomic E-state index is 8.40. The van der Waals surface area contributed by atoms with E-state index >= 15 is 0 Å². The molecule has 1 heterocycles. The van der Waals surface area contributed by atoms with Crippen molar-refractivity contribution in [3.05, 3.63) is 34.7 Å². The molecule has 0 bridgehead atoms. The number of aromatic nitrogens is 2. The third-order valence-electron chi connectivity index (χ3n) is 2.69. The first-order chi connectivity index (χ1) is 7.31. The van der Waals surface area contributed by atoms with E-state index in [2.05, 4.69) is 21.1 Å². The van der Waals surface area contributed by atoms with Gasteiger partial charge in [0, 0.05) is 12.0 Å². The smallest absolute Gasteiger partial charge is 0.0948 e. The van der Waals surface area contributed by atoms with E-state index in [1.165, 1.54) is 5.57 Å². The van der Waals surface area contributed by atoms with Crippen LogP contribution in [0, 0.1) is 0 Å². The Morgan fingerprint density at radius 3 is 3.20 bits per heavy atom. The summed E-state index contributed by atoms with van der Waals surface area (Å²) >= 11 is 0. The van der Waals surface area contributed by atoms with Crippen LogP contribution in [0.15, 0.2) is 23.7 Å². The molecule has 1 aromatic rings. The minimum absolute atomic E-state index is 0.00801.